The van der Waals surface area contributed by atoms with Crippen molar-refractivity contribution in [3.05, 3.63) is 52.2 Å². The Bertz CT molecular complexity index is 569. The molecule has 2 heterocycles. The number of carbonyl (C=O) groups is 1. The fourth-order valence-electron chi connectivity index (χ4n) is 2.61. The van der Waals surface area contributed by atoms with Crippen molar-refractivity contribution < 1.29 is 4.79 Å². The average molecular weight is 286 g/mol. The van der Waals surface area contributed by atoms with Crippen LogP contribution in [-0.4, -0.2) is 18.0 Å². The standard InChI is InChI=1S/C16H18N2OS/c1-11(8-12-6-7-20-10-12)17-16(19)15-9-13-4-2-3-5-14(13)18-15/h2-7,10-11,15,18H,8-9H2,1H3,(H,17,19). The van der Waals surface area contributed by atoms with Crippen molar-refractivity contribution >= 4 is 22.9 Å². The number of amides is 1. The van der Waals surface area contributed by atoms with E-state index in [0.29, 0.717) is 0 Å². The molecule has 1 aliphatic rings. The summed E-state index contributed by atoms with van der Waals surface area (Å²) in [6.07, 6.45) is 1.65. The second-order valence-electron chi connectivity index (χ2n) is 5.30. The van der Waals surface area contributed by atoms with Crippen molar-refractivity contribution in [2.45, 2.75) is 31.8 Å². The largest absolute Gasteiger partial charge is 0.373 e. The van der Waals surface area contributed by atoms with Gasteiger partial charge in [-0.05, 0) is 47.4 Å². The van der Waals surface area contributed by atoms with E-state index < -0.39 is 0 Å². The minimum absolute atomic E-state index is 0.0870. The van der Waals surface area contributed by atoms with Crippen molar-refractivity contribution in [3.63, 3.8) is 0 Å². The van der Waals surface area contributed by atoms with Crippen molar-refractivity contribution in [2.75, 3.05) is 5.32 Å². The molecule has 0 bridgehead atoms. The molecule has 20 heavy (non-hydrogen) atoms. The maximum atomic E-state index is 12.3. The van der Waals surface area contributed by atoms with Crippen molar-refractivity contribution in [1.29, 1.82) is 0 Å². The Morgan fingerprint density at radius 2 is 2.30 bits per heavy atom. The Balaban J connectivity index is 1.56. The molecule has 0 fully saturated rings. The summed E-state index contributed by atoms with van der Waals surface area (Å²) in [6.45, 7) is 2.05. The number of nitrogens with one attached hydrogen (secondary N) is 2. The zero-order chi connectivity index (χ0) is 13.9. The molecule has 2 unspecified atom stereocenters. The molecule has 0 spiro atoms. The molecule has 0 saturated carbocycles. The highest BCUT2D eigenvalue weighted by Crippen LogP contribution is 2.25. The smallest absolute Gasteiger partial charge is 0.243 e. The number of anilines is 1. The van der Waals surface area contributed by atoms with Gasteiger partial charge in [0.25, 0.3) is 0 Å². The van der Waals surface area contributed by atoms with E-state index in [1.807, 2.05) is 18.2 Å². The molecule has 2 aromatic rings. The predicted octanol–water partition coefficient (Wildman–Crippen LogP) is 2.83. The lowest BCUT2D eigenvalue weighted by Crippen LogP contribution is -2.43. The van der Waals surface area contributed by atoms with Gasteiger partial charge in [-0.25, -0.2) is 0 Å². The first kappa shape index (κ1) is 13.2. The SMILES string of the molecule is CC(Cc1ccsc1)NC(=O)C1Cc2ccccc2N1. The number of para-hydroxylation sites is 1. The highest BCUT2D eigenvalue weighted by molar-refractivity contribution is 7.07. The number of rotatable bonds is 4. The van der Waals surface area contributed by atoms with Crippen LogP contribution in [0.4, 0.5) is 5.69 Å². The van der Waals surface area contributed by atoms with Crippen LogP contribution in [0.2, 0.25) is 0 Å². The first-order valence-electron chi connectivity index (χ1n) is 6.88. The molecule has 0 aliphatic carbocycles. The number of hydrogen-bond acceptors (Lipinski definition) is 3. The van der Waals surface area contributed by atoms with E-state index in [1.54, 1.807) is 11.3 Å². The first-order chi connectivity index (χ1) is 9.72. The molecule has 2 atom stereocenters. The molecule has 3 nitrogen and oxygen atoms in total. The Morgan fingerprint density at radius 1 is 1.45 bits per heavy atom. The van der Waals surface area contributed by atoms with Crippen molar-refractivity contribution in [2.24, 2.45) is 0 Å². The van der Waals surface area contributed by atoms with E-state index in [-0.39, 0.29) is 18.0 Å². The van der Waals surface area contributed by atoms with Gasteiger partial charge in [-0.15, -0.1) is 0 Å². The van der Waals surface area contributed by atoms with E-state index in [1.165, 1.54) is 11.1 Å². The van der Waals surface area contributed by atoms with E-state index in [0.717, 1.165) is 18.5 Å². The Morgan fingerprint density at radius 3 is 3.05 bits per heavy atom. The topological polar surface area (TPSA) is 41.1 Å². The number of thiophene rings is 1. The molecular formula is C16H18N2OS. The van der Waals surface area contributed by atoms with Gasteiger partial charge in [0.1, 0.15) is 6.04 Å². The zero-order valence-electron chi connectivity index (χ0n) is 11.4. The van der Waals surface area contributed by atoms with Crippen LogP contribution in [0.3, 0.4) is 0 Å². The summed E-state index contributed by atoms with van der Waals surface area (Å²) in [5.41, 5.74) is 3.58. The van der Waals surface area contributed by atoms with Gasteiger partial charge in [-0.1, -0.05) is 18.2 Å². The van der Waals surface area contributed by atoms with Crippen LogP contribution in [0.25, 0.3) is 0 Å². The minimum Gasteiger partial charge on any atom is -0.373 e. The van der Waals surface area contributed by atoms with Gasteiger partial charge in [-0.2, -0.15) is 11.3 Å². The Hall–Kier alpha value is -1.81. The molecule has 1 aromatic carbocycles. The zero-order valence-corrected chi connectivity index (χ0v) is 12.2. The third-order valence-corrected chi connectivity index (χ3v) is 4.33. The maximum Gasteiger partial charge on any atom is 0.243 e. The van der Waals surface area contributed by atoms with Crippen molar-refractivity contribution in [1.82, 2.24) is 5.32 Å². The molecule has 1 amide bonds. The Kier molecular flexibility index (Phi) is 3.74. The summed E-state index contributed by atoms with van der Waals surface area (Å²) in [7, 11) is 0. The second kappa shape index (κ2) is 5.67. The summed E-state index contributed by atoms with van der Waals surface area (Å²) in [5, 5.41) is 10.6. The first-order valence-corrected chi connectivity index (χ1v) is 7.82. The van der Waals surface area contributed by atoms with Gasteiger partial charge < -0.3 is 10.6 Å². The van der Waals surface area contributed by atoms with Crippen LogP contribution in [0.5, 0.6) is 0 Å². The van der Waals surface area contributed by atoms with E-state index in [4.69, 9.17) is 0 Å². The molecule has 2 N–H and O–H groups in total. The molecule has 1 aliphatic heterocycles. The van der Waals surface area contributed by atoms with Gasteiger partial charge in [0.15, 0.2) is 0 Å². The summed E-state index contributed by atoms with van der Waals surface area (Å²) in [6, 6.07) is 10.2. The molecule has 0 saturated heterocycles. The lowest BCUT2D eigenvalue weighted by Gasteiger charge is -2.17. The predicted molar refractivity (Wildman–Crippen MR) is 83.2 cm³/mol. The summed E-state index contributed by atoms with van der Waals surface area (Å²) in [4.78, 5) is 12.3. The Labute approximate surface area is 123 Å². The quantitative estimate of drug-likeness (QED) is 0.907. The molecule has 104 valence electrons. The van der Waals surface area contributed by atoms with Crippen LogP contribution in [0, 0.1) is 0 Å². The molecular weight excluding hydrogens is 268 g/mol. The third kappa shape index (κ3) is 2.85. The van der Waals surface area contributed by atoms with Gasteiger partial charge in [0.05, 0.1) is 0 Å². The number of carbonyl (C=O) groups excluding carboxylic acids is 1. The van der Waals surface area contributed by atoms with E-state index in [9.17, 15) is 4.79 Å². The number of benzene rings is 1. The van der Waals surface area contributed by atoms with Crippen LogP contribution < -0.4 is 10.6 Å². The number of fused-ring (bicyclic) bond motifs is 1. The van der Waals surface area contributed by atoms with Gasteiger partial charge in [-0.3, -0.25) is 4.79 Å². The number of hydrogen-bond donors (Lipinski definition) is 2. The van der Waals surface area contributed by atoms with Crippen LogP contribution in [0.15, 0.2) is 41.1 Å². The normalized spacial score (nSPS) is 18.1. The molecule has 3 rings (SSSR count). The van der Waals surface area contributed by atoms with Gasteiger partial charge >= 0.3 is 0 Å². The van der Waals surface area contributed by atoms with E-state index in [2.05, 4.69) is 40.5 Å². The summed E-state index contributed by atoms with van der Waals surface area (Å²) < 4.78 is 0. The minimum atomic E-state index is -0.141. The van der Waals surface area contributed by atoms with Crippen molar-refractivity contribution in [3.8, 4) is 0 Å². The van der Waals surface area contributed by atoms with E-state index >= 15 is 0 Å². The highest BCUT2D eigenvalue weighted by atomic mass is 32.1. The highest BCUT2D eigenvalue weighted by Gasteiger charge is 2.26. The molecule has 1 aromatic heterocycles. The van der Waals surface area contributed by atoms with Crippen LogP contribution in [-0.2, 0) is 17.6 Å². The average Bonchev–Trinajstić information content (AvgIpc) is 3.06. The molecule has 0 radical (unpaired) electrons. The summed E-state index contributed by atoms with van der Waals surface area (Å²) in [5.74, 6) is 0.0870. The molecule has 4 heteroatoms. The fourth-order valence-corrected chi connectivity index (χ4v) is 3.29. The second-order valence-corrected chi connectivity index (χ2v) is 6.08. The maximum absolute atomic E-state index is 12.3. The monoisotopic (exact) mass is 286 g/mol. The lowest BCUT2D eigenvalue weighted by molar-refractivity contribution is -0.122. The van der Waals surface area contributed by atoms with Crippen LogP contribution in [0.1, 0.15) is 18.1 Å². The lowest BCUT2D eigenvalue weighted by atomic mass is 10.1. The van der Waals surface area contributed by atoms with Gasteiger partial charge in [0, 0.05) is 18.2 Å². The third-order valence-electron chi connectivity index (χ3n) is 3.60. The van der Waals surface area contributed by atoms with Gasteiger partial charge in [0.2, 0.25) is 5.91 Å². The fraction of sp³-hybridized carbons (Fsp3) is 0.312. The van der Waals surface area contributed by atoms with Crippen LogP contribution >= 0.6 is 11.3 Å². The summed E-state index contributed by atoms with van der Waals surface area (Å²) >= 11 is 1.69.